The van der Waals surface area contributed by atoms with Crippen molar-refractivity contribution in [2.24, 2.45) is 0 Å². The van der Waals surface area contributed by atoms with E-state index in [0.717, 1.165) is 32.1 Å². The molecule has 1 aliphatic carbocycles. The minimum absolute atomic E-state index is 0.430. The van der Waals surface area contributed by atoms with Crippen LogP contribution in [0.4, 0.5) is 4.79 Å². The van der Waals surface area contributed by atoms with Crippen LogP contribution >= 0.6 is 0 Å². The Kier molecular flexibility index (Phi) is 2.56. The number of amides is 1. The SMILES string of the molecule is COC(=O)C1(C)NC(=O)OC12CCCCC2. The number of hydrogen-bond donors (Lipinski definition) is 1. The molecule has 2 rings (SSSR count). The number of carbonyl (C=O) groups is 2. The van der Waals surface area contributed by atoms with Gasteiger partial charge in [-0.3, -0.25) is 0 Å². The molecule has 2 fully saturated rings. The third-order valence-corrected chi connectivity index (χ3v) is 3.81. The average molecular weight is 227 g/mol. The smallest absolute Gasteiger partial charge is 0.408 e. The van der Waals surface area contributed by atoms with E-state index >= 15 is 0 Å². The topological polar surface area (TPSA) is 64.6 Å². The predicted octanol–water partition coefficient (Wildman–Crippen LogP) is 1.36. The first kappa shape index (κ1) is 11.2. The van der Waals surface area contributed by atoms with Gasteiger partial charge >= 0.3 is 12.1 Å². The largest absolute Gasteiger partial charge is 0.467 e. The van der Waals surface area contributed by atoms with Crippen molar-refractivity contribution in [2.75, 3.05) is 7.11 Å². The fourth-order valence-corrected chi connectivity index (χ4v) is 2.79. The Morgan fingerprint density at radius 2 is 2.00 bits per heavy atom. The van der Waals surface area contributed by atoms with Gasteiger partial charge < -0.3 is 14.8 Å². The van der Waals surface area contributed by atoms with E-state index in [1.54, 1.807) is 6.92 Å². The monoisotopic (exact) mass is 227 g/mol. The van der Waals surface area contributed by atoms with Crippen LogP contribution in [0.5, 0.6) is 0 Å². The number of methoxy groups -OCH3 is 1. The van der Waals surface area contributed by atoms with Crippen molar-refractivity contribution in [3.63, 3.8) is 0 Å². The molecule has 1 saturated carbocycles. The van der Waals surface area contributed by atoms with Gasteiger partial charge in [0.2, 0.25) is 0 Å². The zero-order chi connectivity index (χ0) is 11.8. The van der Waals surface area contributed by atoms with E-state index in [-0.39, 0.29) is 0 Å². The molecule has 5 heteroatoms. The number of esters is 1. The molecule has 2 aliphatic rings. The Labute approximate surface area is 94.5 Å². The highest BCUT2D eigenvalue weighted by atomic mass is 16.6. The van der Waals surface area contributed by atoms with Crippen LogP contribution in [0.1, 0.15) is 39.0 Å². The lowest BCUT2D eigenvalue weighted by atomic mass is 9.72. The molecule has 0 aromatic rings. The maximum atomic E-state index is 11.8. The molecule has 5 nitrogen and oxygen atoms in total. The van der Waals surface area contributed by atoms with Gasteiger partial charge in [0, 0.05) is 0 Å². The van der Waals surface area contributed by atoms with Crippen molar-refractivity contribution in [3.05, 3.63) is 0 Å². The number of carbonyl (C=O) groups excluding carboxylic acids is 2. The first-order chi connectivity index (χ1) is 7.54. The highest BCUT2D eigenvalue weighted by Crippen LogP contribution is 2.44. The van der Waals surface area contributed by atoms with Crippen LogP contribution < -0.4 is 5.32 Å². The number of ether oxygens (including phenoxy) is 2. The van der Waals surface area contributed by atoms with Gasteiger partial charge in [0.05, 0.1) is 7.11 Å². The molecule has 1 unspecified atom stereocenters. The average Bonchev–Trinajstić information content (AvgIpc) is 2.51. The van der Waals surface area contributed by atoms with Crippen LogP contribution in [0, 0.1) is 0 Å². The summed E-state index contributed by atoms with van der Waals surface area (Å²) in [6.45, 7) is 1.69. The molecule has 1 saturated heterocycles. The fourth-order valence-electron chi connectivity index (χ4n) is 2.79. The molecule has 0 aromatic carbocycles. The van der Waals surface area contributed by atoms with E-state index in [2.05, 4.69) is 5.32 Å². The Bertz CT molecular complexity index is 322. The summed E-state index contributed by atoms with van der Waals surface area (Å²) in [5.41, 5.74) is -1.76. The maximum Gasteiger partial charge on any atom is 0.408 e. The van der Waals surface area contributed by atoms with Gasteiger partial charge in [-0.25, -0.2) is 9.59 Å². The van der Waals surface area contributed by atoms with Gasteiger partial charge in [0.25, 0.3) is 0 Å². The third-order valence-electron chi connectivity index (χ3n) is 3.81. The first-order valence-corrected chi connectivity index (χ1v) is 5.64. The van der Waals surface area contributed by atoms with Crippen molar-refractivity contribution >= 4 is 12.1 Å². The Balaban J connectivity index is 2.34. The predicted molar refractivity (Wildman–Crippen MR) is 55.9 cm³/mol. The highest BCUT2D eigenvalue weighted by molar-refractivity contribution is 5.90. The second-order valence-corrected chi connectivity index (χ2v) is 4.69. The van der Waals surface area contributed by atoms with Crippen LogP contribution in [0.15, 0.2) is 0 Å². The van der Waals surface area contributed by atoms with E-state index < -0.39 is 23.2 Å². The fraction of sp³-hybridized carbons (Fsp3) is 0.818. The van der Waals surface area contributed by atoms with Gasteiger partial charge in [0.15, 0.2) is 5.54 Å². The second-order valence-electron chi connectivity index (χ2n) is 4.69. The Hall–Kier alpha value is -1.26. The number of rotatable bonds is 1. The summed E-state index contributed by atoms with van der Waals surface area (Å²) in [4.78, 5) is 23.2. The van der Waals surface area contributed by atoms with E-state index in [1.807, 2.05) is 0 Å². The second kappa shape index (κ2) is 3.64. The van der Waals surface area contributed by atoms with Crippen LogP contribution in [0.3, 0.4) is 0 Å². The minimum Gasteiger partial charge on any atom is -0.467 e. The number of alkyl carbamates (subject to hydrolysis) is 1. The highest BCUT2D eigenvalue weighted by Gasteiger charge is 2.62. The lowest BCUT2D eigenvalue weighted by Crippen LogP contribution is -2.61. The molecule has 90 valence electrons. The molecule has 0 radical (unpaired) electrons. The first-order valence-electron chi connectivity index (χ1n) is 5.64. The van der Waals surface area contributed by atoms with Crippen LogP contribution in [-0.2, 0) is 14.3 Å². The third kappa shape index (κ3) is 1.37. The van der Waals surface area contributed by atoms with Crippen molar-refractivity contribution in [1.82, 2.24) is 5.32 Å². The van der Waals surface area contributed by atoms with Crippen LogP contribution in [0.25, 0.3) is 0 Å². The molecule has 1 heterocycles. The normalized spacial score (nSPS) is 32.0. The summed E-state index contributed by atoms with van der Waals surface area (Å²) in [6.07, 6.45) is 3.99. The summed E-state index contributed by atoms with van der Waals surface area (Å²) in [5, 5.41) is 2.61. The van der Waals surface area contributed by atoms with Gasteiger partial charge in [-0.2, -0.15) is 0 Å². The molecular formula is C11H17NO4. The van der Waals surface area contributed by atoms with E-state index in [1.165, 1.54) is 7.11 Å². The van der Waals surface area contributed by atoms with Crippen LogP contribution in [0.2, 0.25) is 0 Å². The number of hydrogen-bond acceptors (Lipinski definition) is 4. The molecule has 1 spiro atoms. The lowest BCUT2D eigenvalue weighted by molar-refractivity contribution is -0.156. The van der Waals surface area contributed by atoms with Crippen molar-refractivity contribution in [2.45, 2.75) is 50.2 Å². The molecule has 16 heavy (non-hydrogen) atoms. The standard InChI is InChI=1S/C11H17NO4/c1-10(8(13)15-2)11(16-9(14)12-10)6-4-3-5-7-11/h3-7H2,1-2H3,(H,12,14). The van der Waals surface area contributed by atoms with Gasteiger partial charge in [-0.05, 0) is 32.6 Å². The van der Waals surface area contributed by atoms with Crippen molar-refractivity contribution < 1.29 is 19.1 Å². The molecule has 1 aliphatic heterocycles. The van der Waals surface area contributed by atoms with Gasteiger partial charge in [0.1, 0.15) is 5.60 Å². The summed E-state index contributed by atoms with van der Waals surface area (Å²) in [5.74, 6) is -0.430. The molecule has 1 amide bonds. The van der Waals surface area contributed by atoms with Crippen LogP contribution in [-0.4, -0.2) is 30.3 Å². The minimum atomic E-state index is -1.04. The van der Waals surface area contributed by atoms with Crippen molar-refractivity contribution in [3.8, 4) is 0 Å². The summed E-state index contributed by atoms with van der Waals surface area (Å²) in [6, 6.07) is 0. The van der Waals surface area contributed by atoms with Gasteiger partial charge in [-0.1, -0.05) is 6.42 Å². The maximum absolute atomic E-state index is 11.8. The zero-order valence-corrected chi connectivity index (χ0v) is 9.67. The zero-order valence-electron chi connectivity index (χ0n) is 9.67. The molecule has 0 bridgehead atoms. The quantitative estimate of drug-likeness (QED) is 0.687. The summed E-state index contributed by atoms with van der Waals surface area (Å²) in [7, 11) is 1.33. The van der Waals surface area contributed by atoms with E-state index in [0.29, 0.717) is 0 Å². The summed E-state index contributed by atoms with van der Waals surface area (Å²) >= 11 is 0. The summed E-state index contributed by atoms with van der Waals surface area (Å²) < 4.78 is 10.2. The number of nitrogens with one attached hydrogen (secondary N) is 1. The van der Waals surface area contributed by atoms with Crippen molar-refractivity contribution in [1.29, 1.82) is 0 Å². The van der Waals surface area contributed by atoms with E-state index in [9.17, 15) is 9.59 Å². The molecule has 1 N–H and O–H groups in total. The molecule has 1 atom stereocenters. The Morgan fingerprint density at radius 3 is 2.56 bits per heavy atom. The van der Waals surface area contributed by atoms with E-state index in [4.69, 9.17) is 9.47 Å². The Morgan fingerprint density at radius 1 is 1.38 bits per heavy atom. The molecule has 0 aromatic heterocycles. The lowest BCUT2D eigenvalue weighted by Gasteiger charge is -2.40. The molecular weight excluding hydrogens is 210 g/mol. The van der Waals surface area contributed by atoms with Gasteiger partial charge in [-0.15, -0.1) is 0 Å².